The zero-order valence-electron chi connectivity index (χ0n) is 8.81. The highest BCUT2D eigenvalue weighted by molar-refractivity contribution is 5.80. The van der Waals surface area contributed by atoms with Crippen LogP contribution in [0.5, 0.6) is 0 Å². The van der Waals surface area contributed by atoms with Crippen molar-refractivity contribution in [3.63, 3.8) is 0 Å². The van der Waals surface area contributed by atoms with E-state index in [-0.39, 0.29) is 0 Å². The maximum atomic E-state index is 4.32. The Morgan fingerprint density at radius 1 is 1.19 bits per heavy atom. The van der Waals surface area contributed by atoms with Crippen LogP contribution >= 0.6 is 0 Å². The molecule has 3 aromatic heterocycles. The predicted octanol–water partition coefficient (Wildman–Crippen LogP) is 2.33. The molecule has 3 heterocycles. The maximum absolute atomic E-state index is 4.32. The van der Waals surface area contributed by atoms with Gasteiger partial charge in [-0.3, -0.25) is 10.1 Å². The molecule has 3 aromatic rings. The second-order valence-corrected chi connectivity index (χ2v) is 3.72. The first kappa shape index (κ1) is 9.03. The van der Waals surface area contributed by atoms with Gasteiger partial charge < -0.3 is 0 Å². The highest BCUT2D eigenvalue weighted by atomic mass is 15.1. The van der Waals surface area contributed by atoms with Crippen LogP contribution in [0.15, 0.2) is 36.9 Å². The van der Waals surface area contributed by atoms with E-state index in [1.54, 1.807) is 12.4 Å². The SMILES string of the molecule is Cc1cnccc1-c1cnc2[nH]ncc2c1. The van der Waals surface area contributed by atoms with E-state index in [0.717, 1.165) is 27.7 Å². The van der Waals surface area contributed by atoms with Crippen LogP contribution in [0.1, 0.15) is 5.56 Å². The summed E-state index contributed by atoms with van der Waals surface area (Å²) in [6.45, 7) is 2.04. The van der Waals surface area contributed by atoms with Crippen LogP contribution in [0.2, 0.25) is 0 Å². The highest BCUT2D eigenvalue weighted by Crippen LogP contribution is 2.23. The summed E-state index contributed by atoms with van der Waals surface area (Å²) in [5.74, 6) is 0. The molecular weight excluding hydrogens is 200 g/mol. The number of aromatic amines is 1. The third-order valence-corrected chi connectivity index (χ3v) is 2.62. The largest absolute Gasteiger partial charge is 0.264 e. The van der Waals surface area contributed by atoms with Crippen molar-refractivity contribution in [2.24, 2.45) is 0 Å². The number of nitrogens with zero attached hydrogens (tertiary/aromatic N) is 3. The number of fused-ring (bicyclic) bond motifs is 1. The molecule has 0 aliphatic heterocycles. The molecule has 0 saturated heterocycles. The Kier molecular flexibility index (Phi) is 1.93. The predicted molar refractivity (Wildman–Crippen MR) is 61.9 cm³/mol. The van der Waals surface area contributed by atoms with Crippen LogP contribution in [-0.2, 0) is 0 Å². The van der Waals surface area contributed by atoms with Gasteiger partial charge in [-0.15, -0.1) is 0 Å². The average Bonchev–Trinajstić information content (AvgIpc) is 2.76. The van der Waals surface area contributed by atoms with Gasteiger partial charge in [0, 0.05) is 29.5 Å². The van der Waals surface area contributed by atoms with Gasteiger partial charge in [-0.25, -0.2) is 4.98 Å². The number of hydrogen-bond donors (Lipinski definition) is 1. The molecule has 0 atom stereocenters. The van der Waals surface area contributed by atoms with Gasteiger partial charge in [0.1, 0.15) is 0 Å². The van der Waals surface area contributed by atoms with E-state index in [9.17, 15) is 0 Å². The first-order chi connectivity index (χ1) is 7.84. The van der Waals surface area contributed by atoms with Crippen LogP contribution in [0.4, 0.5) is 0 Å². The van der Waals surface area contributed by atoms with Crippen LogP contribution < -0.4 is 0 Å². The second kappa shape index (κ2) is 3.41. The lowest BCUT2D eigenvalue weighted by Crippen LogP contribution is -1.86. The number of aromatic nitrogens is 4. The lowest BCUT2D eigenvalue weighted by Gasteiger charge is -2.04. The molecule has 0 fully saturated rings. The molecule has 0 aliphatic rings. The Morgan fingerprint density at radius 2 is 2.12 bits per heavy atom. The molecule has 3 rings (SSSR count). The Bertz CT molecular complexity index is 642. The Labute approximate surface area is 92.4 Å². The maximum Gasteiger partial charge on any atom is 0.155 e. The minimum absolute atomic E-state index is 0.815. The van der Waals surface area contributed by atoms with Gasteiger partial charge in [0.25, 0.3) is 0 Å². The van der Waals surface area contributed by atoms with E-state index in [1.165, 1.54) is 0 Å². The van der Waals surface area contributed by atoms with E-state index >= 15 is 0 Å². The minimum atomic E-state index is 0.815. The highest BCUT2D eigenvalue weighted by Gasteiger charge is 2.04. The third kappa shape index (κ3) is 1.35. The van der Waals surface area contributed by atoms with E-state index in [2.05, 4.69) is 26.2 Å². The zero-order valence-corrected chi connectivity index (χ0v) is 8.81. The van der Waals surface area contributed by atoms with Crippen LogP contribution in [-0.4, -0.2) is 20.2 Å². The average molecular weight is 210 g/mol. The standard InChI is InChI=1S/C12H10N4/c1-8-5-13-3-2-11(8)9-4-10-7-15-16-12(10)14-6-9/h2-7H,1H3,(H,14,15,16). The molecule has 0 radical (unpaired) electrons. The molecule has 16 heavy (non-hydrogen) atoms. The molecule has 0 unspecified atom stereocenters. The number of aryl methyl sites for hydroxylation is 1. The first-order valence-electron chi connectivity index (χ1n) is 5.05. The van der Waals surface area contributed by atoms with Gasteiger partial charge in [-0.05, 0) is 30.2 Å². The molecule has 4 heteroatoms. The van der Waals surface area contributed by atoms with Gasteiger partial charge in [0.2, 0.25) is 0 Å². The summed E-state index contributed by atoms with van der Waals surface area (Å²) in [5.41, 5.74) is 4.21. The molecule has 0 aliphatic carbocycles. The number of H-pyrrole nitrogens is 1. The fraction of sp³-hybridized carbons (Fsp3) is 0.0833. The molecule has 4 nitrogen and oxygen atoms in total. The van der Waals surface area contributed by atoms with Crippen molar-refractivity contribution in [3.05, 3.63) is 42.5 Å². The number of nitrogens with one attached hydrogen (secondary N) is 1. The van der Waals surface area contributed by atoms with Crippen molar-refractivity contribution < 1.29 is 0 Å². The summed E-state index contributed by atoms with van der Waals surface area (Å²) in [5, 5.41) is 7.82. The second-order valence-electron chi connectivity index (χ2n) is 3.72. The summed E-state index contributed by atoms with van der Waals surface area (Å²) in [7, 11) is 0. The monoisotopic (exact) mass is 210 g/mol. The molecule has 0 aromatic carbocycles. The van der Waals surface area contributed by atoms with E-state index in [4.69, 9.17) is 0 Å². The van der Waals surface area contributed by atoms with Crippen molar-refractivity contribution >= 4 is 11.0 Å². The first-order valence-corrected chi connectivity index (χ1v) is 5.05. The fourth-order valence-electron chi connectivity index (χ4n) is 1.78. The molecule has 0 amide bonds. The molecule has 0 saturated carbocycles. The summed E-state index contributed by atoms with van der Waals surface area (Å²) in [6.07, 6.45) is 7.28. The molecule has 0 spiro atoms. The smallest absolute Gasteiger partial charge is 0.155 e. The lowest BCUT2D eigenvalue weighted by atomic mass is 10.0. The van der Waals surface area contributed by atoms with Gasteiger partial charge >= 0.3 is 0 Å². The normalized spacial score (nSPS) is 10.8. The van der Waals surface area contributed by atoms with Crippen LogP contribution in [0.25, 0.3) is 22.2 Å². The molecular formula is C12H10N4. The van der Waals surface area contributed by atoms with Crippen molar-refractivity contribution in [1.82, 2.24) is 20.2 Å². The zero-order chi connectivity index (χ0) is 11.0. The topological polar surface area (TPSA) is 54.5 Å². The van der Waals surface area contributed by atoms with E-state index < -0.39 is 0 Å². The number of hydrogen-bond acceptors (Lipinski definition) is 3. The summed E-state index contributed by atoms with van der Waals surface area (Å²) in [6, 6.07) is 4.08. The molecule has 1 N–H and O–H groups in total. The minimum Gasteiger partial charge on any atom is -0.264 e. The molecule has 0 bridgehead atoms. The summed E-state index contributed by atoms with van der Waals surface area (Å²) in [4.78, 5) is 8.40. The van der Waals surface area contributed by atoms with E-state index in [0.29, 0.717) is 0 Å². The Balaban J connectivity index is 2.22. The van der Waals surface area contributed by atoms with Crippen molar-refractivity contribution in [2.45, 2.75) is 6.92 Å². The van der Waals surface area contributed by atoms with Gasteiger partial charge in [0.05, 0.1) is 6.20 Å². The Hall–Kier alpha value is -2.23. The van der Waals surface area contributed by atoms with Gasteiger partial charge in [0.15, 0.2) is 5.65 Å². The number of pyridine rings is 2. The quantitative estimate of drug-likeness (QED) is 0.670. The van der Waals surface area contributed by atoms with Crippen LogP contribution in [0.3, 0.4) is 0 Å². The third-order valence-electron chi connectivity index (χ3n) is 2.62. The van der Waals surface area contributed by atoms with Gasteiger partial charge in [-0.1, -0.05) is 0 Å². The lowest BCUT2D eigenvalue weighted by molar-refractivity contribution is 1.10. The summed E-state index contributed by atoms with van der Waals surface area (Å²) >= 11 is 0. The molecule has 78 valence electrons. The number of rotatable bonds is 1. The van der Waals surface area contributed by atoms with Crippen molar-refractivity contribution in [1.29, 1.82) is 0 Å². The van der Waals surface area contributed by atoms with Crippen LogP contribution in [0, 0.1) is 6.92 Å². The van der Waals surface area contributed by atoms with Crippen molar-refractivity contribution in [2.75, 3.05) is 0 Å². The summed E-state index contributed by atoms with van der Waals surface area (Å²) < 4.78 is 0. The Morgan fingerprint density at radius 3 is 3.00 bits per heavy atom. The fourth-order valence-corrected chi connectivity index (χ4v) is 1.78. The van der Waals surface area contributed by atoms with Crippen molar-refractivity contribution in [3.8, 4) is 11.1 Å². The van der Waals surface area contributed by atoms with Gasteiger partial charge in [-0.2, -0.15) is 5.10 Å². The van der Waals surface area contributed by atoms with E-state index in [1.807, 2.05) is 25.4 Å².